The highest BCUT2D eigenvalue weighted by molar-refractivity contribution is 7.22. The van der Waals surface area contributed by atoms with E-state index in [0.717, 1.165) is 26.1 Å². The van der Waals surface area contributed by atoms with Crippen molar-refractivity contribution in [2.45, 2.75) is 6.42 Å². The number of rotatable bonds is 7. The second kappa shape index (κ2) is 9.46. The van der Waals surface area contributed by atoms with Gasteiger partial charge in [0.05, 0.1) is 28.4 Å². The van der Waals surface area contributed by atoms with E-state index in [1.807, 2.05) is 0 Å². The van der Waals surface area contributed by atoms with Crippen LogP contribution in [0.1, 0.15) is 16.8 Å². The van der Waals surface area contributed by atoms with Crippen molar-refractivity contribution >= 4 is 38.3 Å². The zero-order valence-corrected chi connectivity index (χ0v) is 17.5. The van der Waals surface area contributed by atoms with E-state index in [-0.39, 0.29) is 17.4 Å². The van der Waals surface area contributed by atoms with Gasteiger partial charge in [-0.25, -0.2) is 9.37 Å². The lowest BCUT2D eigenvalue weighted by Gasteiger charge is -2.27. The maximum Gasteiger partial charge on any atom is 0.269 e. The maximum absolute atomic E-state index is 13.6. The van der Waals surface area contributed by atoms with Gasteiger partial charge in [-0.05, 0) is 36.8 Å². The number of anilines is 1. The summed E-state index contributed by atoms with van der Waals surface area (Å²) in [7, 11) is 0. The fourth-order valence-corrected chi connectivity index (χ4v) is 4.46. The molecule has 0 saturated carbocycles. The van der Waals surface area contributed by atoms with E-state index < -0.39 is 4.92 Å². The molecular weight excluding hydrogens is 423 g/mol. The Bertz CT molecular complexity index is 1080. The van der Waals surface area contributed by atoms with Gasteiger partial charge in [-0.3, -0.25) is 24.7 Å². The number of amides is 1. The molecule has 10 heteroatoms. The molecule has 1 saturated heterocycles. The number of non-ortho nitro benzene ring substituents is 1. The van der Waals surface area contributed by atoms with Crippen LogP contribution in [0.4, 0.5) is 15.2 Å². The molecule has 4 rings (SSSR count). The van der Waals surface area contributed by atoms with Gasteiger partial charge in [0.1, 0.15) is 5.82 Å². The van der Waals surface area contributed by atoms with Crippen LogP contribution in [-0.4, -0.2) is 60.1 Å². The Labute approximate surface area is 182 Å². The lowest BCUT2D eigenvalue weighted by Crippen LogP contribution is -2.39. The minimum absolute atomic E-state index is 0.0779. The van der Waals surface area contributed by atoms with E-state index in [2.05, 4.69) is 9.88 Å². The van der Waals surface area contributed by atoms with Crippen molar-refractivity contribution in [1.82, 2.24) is 9.88 Å². The van der Waals surface area contributed by atoms with E-state index >= 15 is 0 Å². The van der Waals surface area contributed by atoms with Crippen molar-refractivity contribution in [3.63, 3.8) is 0 Å². The molecule has 0 unspecified atom stereocenters. The molecule has 162 valence electrons. The molecule has 0 aliphatic carbocycles. The summed E-state index contributed by atoms with van der Waals surface area (Å²) in [6.07, 6.45) is 0.725. The summed E-state index contributed by atoms with van der Waals surface area (Å²) in [5.41, 5.74) is 0.879. The Kier molecular flexibility index (Phi) is 6.50. The van der Waals surface area contributed by atoms with Crippen molar-refractivity contribution in [2.24, 2.45) is 0 Å². The number of nitro benzene ring substituents is 1. The van der Waals surface area contributed by atoms with Crippen LogP contribution in [-0.2, 0) is 4.74 Å². The zero-order chi connectivity index (χ0) is 21.8. The molecule has 1 aliphatic heterocycles. The molecule has 0 bridgehead atoms. The quantitative estimate of drug-likeness (QED) is 0.408. The van der Waals surface area contributed by atoms with Crippen LogP contribution in [0.2, 0.25) is 0 Å². The predicted molar refractivity (Wildman–Crippen MR) is 116 cm³/mol. The fraction of sp³-hybridized carbons (Fsp3) is 0.333. The van der Waals surface area contributed by atoms with E-state index in [1.54, 1.807) is 11.0 Å². The molecule has 2 aromatic carbocycles. The Morgan fingerprint density at radius 1 is 1.23 bits per heavy atom. The number of nitro groups is 1. The summed E-state index contributed by atoms with van der Waals surface area (Å²) in [6, 6.07) is 9.85. The summed E-state index contributed by atoms with van der Waals surface area (Å²) >= 11 is 1.25. The number of fused-ring (bicyclic) bond motifs is 1. The topological polar surface area (TPSA) is 88.8 Å². The third-order valence-electron chi connectivity index (χ3n) is 5.10. The molecule has 1 aliphatic rings. The van der Waals surface area contributed by atoms with Gasteiger partial charge >= 0.3 is 0 Å². The predicted octanol–water partition coefficient (Wildman–Crippen LogP) is 3.71. The molecule has 31 heavy (non-hydrogen) atoms. The summed E-state index contributed by atoms with van der Waals surface area (Å²) in [6.45, 7) is 4.36. The van der Waals surface area contributed by atoms with Gasteiger partial charge in [0, 0.05) is 43.9 Å². The van der Waals surface area contributed by atoms with Gasteiger partial charge in [-0.15, -0.1) is 0 Å². The number of nitrogens with zero attached hydrogens (tertiary/aromatic N) is 4. The summed E-state index contributed by atoms with van der Waals surface area (Å²) < 4.78 is 19.6. The van der Waals surface area contributed by atoms with Crippen LogP contribution in [0.3, 0.4) is 0 Å². The third-order valence-corrected chi connectivity index (χ3v) is 6.14. The molecule has 1 amide bonds. The Balaban J connectivity index is 1.57. The second-order valence-electron chi connectivity index (χ2n) is 7.18. The van der Waals surface area contributed by atoms with Crippen LogP contribution in [0.15, 0.2) is 42.5 Å². The van der Waals surface area contributed by atoms with Gasteiger partial charge in [-0.2, -0.15) is 0 Å². The summed E-state index contributed by atoms with van der Waals surface area (Å²) in [5, 5.41) is 11.4. The van der Waals surface area contributed by atoms with Gasteiger partial charge in [0.2, 0.25) is 0 Å². The van der Waals surface area contributed by atoms with Gasteiger partial charge in [0.25, 0.3) is 11.6 Å². The molecule has 0 atom stereocenters. The maximum atomic E-state index is 13.6. The van der Waals surface area contributed by atoms with Gasteiger partial charge < -0.3 is 4.74 Å². The monoisotopic (exact) mass is 444 g/mol. The molecule has 3 aromatic rings. The van der Waals surface area contributed by atoms with Crippen LogP contribution >= 0.6 is 11.3 Å². The number of ether oxygens (including phenoxy) is 1. The molecule has 0 radical (unpaired) electrons. The number of benzene rings is 2. The lowest BCUT2D eigenvalue weighted by atomic mass is 10.2. The van der Waals surface area contributed by atoms with E-state index in [9.17, 15) is 19.3 Å². The van der Waals surface area contributed by atoms with Gasteiger partial charge in [-0.1, -0.05) is 11.3 Å². The minimum Gasteiger partial charge on any atom is -0.379 e. The normalized spacial score (nSPS) is 14.6. The highest BCUT2D eigenvalue weighted by atomic mass is 32.1. The Morgan fingerprint density at radius 2 is 1.97 bits per heavy atom. The molecule has 0 spiro atoms. The first-order valence-electron chi connectivity index (χ1n) is 9.94. The standard InChI is InChI=1S/C21H21FN4O4S/c22-16-4-7-18-19(14-16)31-21(23-18)25(9-1-8-24-10-12-30-13-11-24)20(27)15-2-5-17(6-3-15)26(28)29/h2-7,14H,1,8-13H2. The molecule has 0 N–H and O–H groups in total. The number of carbonyl (C=O) groups is 1. The van der Waals surface area contributed by atoms with Crippen molar-refractivity contribution in [3.05, 3.63) is 64.0 Å². The molecule has 8 nitrogen and oxygen atoms in total. The van der Waals surface area contributed by atoms with E-state index in [4.69, 9.17) is 4.74 Å². The number of morpholine rings is 1. The minimum atomic E-state index is -0.504. The number of carbonyl (C=O) groups excluding carboxylic acids is 1. The number of aromatic nitrogens is 1. The first-order chi connectivity index (χ1) is 15.0. The molecular formula is C21H21FN4O4S. The number of thiazole rings is 1. The van der Waals surface area contributed by atoms with Crippen LogP contribution < -0.4 is 4.90 Å². The molecule has 1 fully saturated rings. The van der Waals surface area contributed by atoms with Crippen molar-refractivity contribution in [3.8, 4) is 0 Å². The van der Waals surface area contributed by atoms with Crippen molar-refractivity contribution < 1.29 is 18.8 Å². The largest absolute Gasteiger partial charge is 0.379 e. The number of halogens is 1. The Hall–Kier alpha value is -2.95. The SMILES string of the molecule is O=C(c1ccc([N+](=O)[O-])cc1)N(CCCN1CCOCC1)c1nc2ccc(F)cc2s1. The highest BCUT2D eigenvalue weighted by Crippen LogP contribution is 2.30. The first-order valence-corrected chi connectivity index (χ1v) is 10.8. The lowest BCUT2D eigenvalue weighted by molar-refractivity contribution is -0.384. The molecule has 2 heterocycles. The highest BCUT2D eigenvalue weighted by Gasteiger charge is 2.22. The third kappa shape index (κ3) is 5.04. The Morgan fingerprint density at radius 3 is 2.68 bits per heavy atom. The number of hydrogen-bond donors (Lipinski definition) is 0. The summed E-state index contributed by atoms with van der Waals surface area (Å²) in [5.74, 6) is -0.653. The van der Waals surface area contributed by atoms with E-state index in [0.29, 0.717) is 40.7 Å². The van der Waals surface area contributed by atoms with Gasteiger partial charge in [0.15, 0.2) is 5.13 Å². The fourth-order valence-electron chi connectivity index (χ4n) is 3.44. The average Bonchev–Trinajstić information content (AvgIpc) is 3.20. The van der Waals surface area contributed by atoms with Crippen LogP contribution in [0.25, 0.3) is 10.2 Å². The summed E-state index contributed by atoms with van der Waals surface area (Å²) in [4.78, 5) is 32.1. The van der Waals surface area contributed by atoms with Crippen LogP contribution in [0, 0.1) is 15.9 Å². The van der Waals surface area contributed by atoms with Crippen molar-refractivity contribution in [2.75, 3.05) is 44.3 Å². The zero-order valence-electron chi connectivity index (χ0n) is 16.7. The van der Waals surface area contributed by atoms with E-state index in [1.165, 1.54) is 47.7 Å². The first kappa shape index (κ1) is 21.3. The number of hydrogen-bond acceptors (Lipinski definition) is 7. The second-order valence-corrected chi connectivity index (χ2v) is 8.19. The van der Waals surface area contributed by atoms with Crippen LogP contribution in [0.5, 0.6) is 0 Å². The smallest absolute Gasteiger partial charge is 0.269 e. The molecule has 1 aromatic heterocycles. The average molecular weight is 444 g/mol. The van der Waals surface area contributed by atoms with Crippen molar-refractivity contribution in [1.29, 1.82) is 0 Å².